The van der Waals surface area contributed by atoms with E-state index in [0.717, 1.165) is 12.8 Å². The van der Waals surface area contributed by atoms with E-state index in [9.17, 15) is 0 Å². The molecule has 0 radical (unpaired) electrons. The zero-order valence-electron chi connectivity index (χ0n) is 41.2. The Hall–Kier alpha value is -5.02. The summed E-state index contributed by atoms with van der Waals surface area (Å²) in [6.45, 7) is 38.6. The van der Waals surface area contributed by atoms with Crippen LogP contribution in [0, 0.1) is 13.8 Å². The fraction of sp³-hybridized carbons (Fsp3) is 0.400. The molecule has 0 fully saturated rings. The van der Waals surface area contributed by atoms with E-state index < -0.39 is 0 Å². The summed E-state index contributed by atoms with van der Waals surface area (Å²) in [7, 11) is 0. The number of fused-ring (bicyclic) bond motifs is 6. The number of rotatable bonds is 3. The van der Waals surface area contributed by atoms with Crippen molar-refractivity contribution >= 4 is 57.2 Å². The minimum atomic E-state index is -0.0959. The summed E-state index contributed by atoms with van der Waals surface area (Å²) >= 11 is 0. The van der Waals surface area contributed by atoms with Crippen LogP contribution in [0.15, 0.2) is 103 Å². The lowest BCUT2D eigenvalue weighted by Gasteiger charge is -2.46. The van der Waals surface area contributed by atoms with Gasteiger partial charge in [-0.1, -0.05) is 164 Å². The molecule has 322 valence electrons. The van der Waals surface area contributed by atoms with Crippen molar-refractivity contribution in [3.63, 3.8) is 0 Å². The molecule has 0 saturated carbocycles. The molecule has 0 amide bonds. The summed E-state index contributed by atoms with van der Waals surface area (Å²) in [5.74, 6) is 0. The lowest BCUT2D eigenvalue weighted by molar-refractivity contribution is 0.403. The zero-order valence-corrected chi connectivity index (χ0v) is 41.2. The number of hydrogen-bond acceptors (Lipinski definition) is 2. The summed E-state index contributed by atoms with van der Waals surface area (Å²) in [4.78, 5) is 5.39. The highest BCUT2D eigenvalue weighted by Gasteiger charge is 2.50. The molecule has 0 bridgehead atoms. The van der Waals surface area contributed by atoms with Gasteiger partial charge >= 0.3 is 0 Å². The number of anilines is 6. The second-order valence-electron chi connectivity index (χ2n) is 24.7. The Balaban J connectivity index is 1.38. The summed E-state index contributed by atoms with van der Waals surface area (Å²) < 4.78 is 0. The predicted octanol–water partition coefficient (Wildman–Crippen LogP) is 14.6. The second-order valence-corrected chi connectivity index (χ2v) is 24.7. The maximum absolute atomic E-state index is 2.74. The smallest absolute Gasteiger partial charge is 0.252 e. The summed E-state index contributed by atoms with van der Waals surface area (Å²) in [6.07, 6.45) is 2.27. The molecule has 2 heterocycles. The van der Waals surface area contributed by atoms with Gasteiger partial charge in [-0.2, -0.15) is 0 Å². The maximum atomic E-state index is 2.74. The van der Waals surface area contributed by atoms with Gasteiger partial charge in [0.1, 0.15) is 0 Å². The summed E-state index contributed by atoms with van der Waals surface area (Å²) in [5, 5.41) is 0. The number of benzene rings is 6. The van der Waals surface area contributed by atoms with E-state index in [0.29, 0.717) is 0 Å². The second kappa shape index (κ2) is 13.3. The Bertz CT molecular complexity index is 2890. The standard InChI is InChI=1S/C60H69BN2/c1-36-22-24-40(55(3,4)5)28-49(36)62-48-25-23-39(38-20-18-17-19-21-38)27-46(48)61-47-31-43-45(60(15,16)35-58(43,11)12)33-51(47)63(53-30-41(56(6,7)8)29-52(62)54(53)61)50-32-44-42(26-37(50)2)57(9,10)34-59(44,13)14/h17-33H,34-35H2,1-16H3. The normalized spacial score (nSPS) is 18.4. The lowest BCUT2D eigenvalue weighted by Crippen LogP contribution is -2.61. The van der Waals surface area contributed by atoms with Gasteiger partial charge in [-0.3, -0.25) is 0 Å². The molecule has 6 aromatic rings. The van der Waals surface area contributed by atoms with Gasteiger partial charge in [0.05, 0.1) is 0 Å². The first-order valence-electron chi connectivity index (χ1n) is 23.7. The highest BCUT2D eigenvalue weighted by molar-refractivity contribution is 7.00. The average Bonchev–Trinajstić information content (AvgIpc) is 3.49. The van der Waals surface area contributed by atoms with Crippen molar-refractivity contribution in [2.45, 2.75) is 156 Å². The molecule has 4 aliphatic rings. The van der Waals surface area contributed by atoms with Gasteiger partial charge in [-0.05, 0) is 168 Å². The Labute approximate surface area is 380 Å². The molecule has 0 spiro atoms. The third-order valence-corrected chi connectivity index (χ3v) is 15.8. The van der Waals surface area contributed by atoms with E-state index >= 15 is 0 Å². The number of aryl methyl sites for hydroxylation is 2. The van der Waals surface area contributed by atoms with Crippen LogP contribution in [0.1, 0.15) is 154 Å². The highest BCUT2D eigenvalue weighted by atomic mass is 15.2. The van der Waals surface area contributed by atoms with Crippen molar-refractivity contribution in [2.24, 2.45) is 0 Å². The molecule has 6 aromatic carbocycles. The topological polar surface area (TPSA) is 6.48 Å². The van der Waals surface area contributed by atoms with Gasteiger partial charge < -0.3 is 9.80 Å². The van der Waals surface area contributed by atoms with Crippen molar-refractivity contribution in [2.75, 3.05) is 9.80 Å². The Kier molecular flexibility index (Phi) is 8.84. The van der Waals surface area contributed by atoms with Gasteiger partial charge in [0.15, 0.2) is 0 Å². The van der Waals surface area contributed by atoms with Crippen LogP contribution in [0.4, 0.5) is 34.1 Å². The fourth-order valence-electron chi connectivity index (χ4n) is 12.9. The first-order chi connectivity index (χ1) is 29.3. The van der Waals surface area contributed by atoms with Crippen LogP contribution in [0.5, 0.6) is 0 Å². The van der Waals surface area contributed by atoms with Gasteiger partial charge in [-0.15, -0.1) is 0 Å². The molecule has 3 heteroatoms. The molecule has 63 heavy (non-hydrogen) atoms. The van der Waals surface area contributed by atoms with Crippen molar-refractivity contribution in [3.05, 3.63) is 148 Å². The van der Waals surface area contributed by atoms with Crippen LogP contribution in [0.2, 0.25) is 0 Å². The monoisotopic (exact) mass is 829 g/mol. The minimum Gasteiger partial charge on any atom is -0.311 e. The highest BCUT2D eigenvalue weighted by Crippen LogP contribution is 2.56. The molecule has 2 aliphatic heterocycles. The largest absolute Gasteiger partial charge is 0.311 e. The molecule has 2 aliphatic carbocycles. The van der Waals surface area contributed by atoms with E-state index in [1.165, 1.54) is 106 Å². The molecule has 0 N–H and O–H groups in total. The van der Waals surface area contributed by atoms with Gasteiger partial charge in [0.2, 0.25) is 0 Å². The first-order valence-corrected chi connectivity index (χ1v) is 23.7. The van der Waals surface area contributed by atoms with E-state index in [-0.39, 0.29) is 39.2 Å². The molecule has 0 atom stereocenters. The van der Waals surface area contributed by atoms with Crippen molar-refractivity contribution in [1.29, 1.82) is 0 Å². The molecule has 0 aromatic heterocycles. The average molecular weight is 829 g/mol. The van der Waals surface area contributed by atoms with Gasteiger partial charge in [0, 0.05) is 34.1 Å². The van der Waals surface area contributed by atoms with Crippen molar-refractivity contribution in [1.82, 2.24) is 0 Å². The van der Waals surface area contributed by atoms with Crippen LogP contribution in [0.3, 0.4) is 0 Å². The minimum absolute atomic E-state index is 0.00239. The first kappa shape index (κ1) is 42.0. The quantitative estimate of drug-likeness (QED) is 0.164. The van der Waals surface area contributed by atoms with E-state index in [4.69, 9.17) is 0 Å². The molecule has 10 rings (SSSR count). The third-order valence-electron chi connectivity index (χ3n) is 15.8. The van der Waals surface area contributed by atoms with E-state index in [2.05, 4.69) is 224 Å². The molecule has 2 nitrogen and oxygen atoms in total. The Morgan fingerprint density at radius 2 is 0.889 bits per heavy atom. The van der Waals surface area contributed by atoms with E-state index in [1.807, 2.05) is 0 Å². The summed E-state index contributed by atoms with van der Waals surface area (Å²) in [6, 6.07) is 41.2. The van der Waals surface area contributed by atoms with Crippen LogP contribution in [0.25, 0.3) is 11.1 Å². The lowest BCUT2D eigenvalue weighted by atomic mass is 9.33. The molecular formula is C60H69BN2. The van der Waals surface area contributed by atoms with Crippen molar-refractivity contribution in [3.8, 4) is 11.1 Å². The molecule has 0 saturated heterocycles. The SMILES string of the molecule is Cc1ccc(C(C)(C)C)cc1N1c2ccc(-c3ccccc3)cc2B2c3cc4c(cc3N(c3cc5c(cc3C)C(C)(C)CC5(C)C)c3cc(C(C)(C)C)cc1c32)C(C)(C)CC4(C)C. The third kappa shape index (κ3) is 6.33. The summed E-state index contributed by atoms with van der Waals surface area (Å²) in [5.41, 5.74) is 26.0. The van der Waals surface area contributed by atoms with Crippen LogP contribution in [-0.4, -0.2) is 6.71 Å². The zero-order chi connectivity index (χ0) is 45.1. The van der Waals surface area contributed by atoms with E-state index in [1.54, 1.807) is 0 Å². The maximum Gasteiger partial charge on any atom is 0.252 e. The molecule has 0 unspecified atom stereocenters. The van der Waals surface area contributed by atoms with Gasteiger partial charge in [0.25, 0.3) is 6.71 Å². The van der Waals surface area contributed by atoms with Gasteiger partial charge in [-0.25, -0.2) is 0 Å². The van der Waals surface area contributed by atoms with Crippen LogP contribution in [-0.2, 0) is 32.5 Å². The van der Waals surface area contributed by atoms with Crippen LogP contribution >= 0.6 is 0 Å². The fourth-order valence-corrected chi connectivity index (χ4v) is 12.9. The van der Waals surface area contributed by atoms with Crippen molar-refractivity contribution < 1.29 is 0 Å². The predicted molar refractivity (Wildman–Crippen MR) is 274 cm³/mol. The Morgan fingerprint density at radius 3 is 1.46 bits per heavy atom. The Morgan fingerprint density at radius 1 is 0.413 bits per heavy atom. The number of nitrogens with zero attached hydrogens (tertiary/aromatic N) is 2. The number of hydrogen-bond donors (Lipinski definition) is 0. The van der Waals surface area contributed by atoms with Crippen LogP contribution < -0.4 is 26.2 Å². The molecular weight excluding hydrogens is 759 g/mol.